The van der Waals surface area contributed by atoms with Crippen LogP contribution in [0.2, 0.25) is 0 Å². The first-order valence-electron chi connectivity index (χ1n) is 6.91. The fourth-order valence-corrected chi connectivity index (χ4v) is 2.43. The Kier molecular flexibility index (Phi) is 8.57. The highest BCUT2D eigenvalue weighted by molar-refractivity contribution is 7.09. The number of halogens is 1. The van der Waals surface area contributed by atoms with Crippen LogP contribution in [0.1, 0.15) is 21.9 Å². The highest BCUT2D eigenvalue weighted by Crippen LogP contribution is 2.24. The van der Waals surface area contributed by atoms with Crippen molar-refractivity contribution in [3.8, 4) is 5.75 Å². The fraction of sp³-hybridized carbons (Fsp3) is 0.333. The zero-order chi connectivity index (χ0) is 15.8. The first kappa shape index (κ1) is 19.4. The van der Waals surface area contributed by atoms with Crippen molar-refractivity contribution in [2.45, 2.75) is 13.0 Å². The number of nitrogens with zero attached hydrogens (tertiary/aromatic N) is 1. The van der Waals surface area contributed by atoms with Crippen molar-refractivity contribution in [1.29, 1.82) is 0 Å². The molecular formula is C15H20ClN3O3S. The molecule has 126 valence electrons. The molecule has 2 aromatic rings. The normalized spacial score (nSPS) is 10.0. The third-order valence-corrected chi connectivity index (χ3v) is 3.72. The number of rotatable bonds is 8. The van der Waals surface area contributed by atoms with Gasteiger partial charge in [0.05, 0.1) is 12.3 Å². The molecule has 1 aromatic heterocycles. The van der Waals surface area contributed by atoms with Crippen molar-refractivity contribution in [2.24, 2.45) is 5.73 Å². The minimum Gasteiger partial charge on any atom is -0.491 e. The van der Waals surface area contributed by atoms with Crippen LogP contribution in [0.5, 0.6) is 5.75 Å². The molecule has 0 bridgehead atoms. The molecule has 0 aliphatic heterocycles. The molecule has 2 rings (SSSR count). The number of hydrogen-bond acceptors (Lipinski definition) is 6. The van der Waals surface area contributed by atoms with E-state index >= 15 is 0 Å². The number of carbonyl (C=O) groups is 1. The Morgan fingerprint density at radius 3 is 2.83 bits per heavy atom. The number of ether oxygens (including phenoxy) is 2. The molecule has 6 nitrogen and oxygen atoms in total. The van der Waals surface area contributed by atoms with Gasteiger partial charge in [-0.05, 0) is 12.1 Å². The van der Waals surface area contributed by atoms with E-state index in [9.17, 15) is 4.79 Å². The van der Waals surface area contributed by atoms with Crippen molar-refractivity contribution >= 4 is 35.3 Å². The number of thiazole rings is 1. The maximum Gasteiger partial charge on any atom is 0.275 e. The van der Waals surface area contributed by atoms with Gasteiger partial charge in [-0.1, -0.05) is 12.1 Å². The van der Waals surface area contributed by atoms with E-state index in [0.29, 0.717) is 36.9 Å². The zero-order valence-corrected chi connectivity index (χ0v) is 14.4. The number of anilines is 1. The fourth-order valence-electron chi connectivity index (χ4n) is 1.78. The maximum atomic E-state index is 12.2. The van der Waals surface area contributed by atoms with Crippen molar-refractivity contribution < 1.29 is 14.3 Å². The second-order valence-electron chi connectivity index (χ2n) is 4.48. The number of carbonyl (C=O) groups excluding carboxylic acids is 1. The smallest absolute Gasteiger partial charge is 0.275 e. The van der Waals surface area contributed by atoms with Gasteiger partial charge in [0.2, 0.25) is 0 Å². The van der Waals surface area contributed by atoms with Crippen LogP contribution in [0.4, 0.5) is 5.69 Å². The topological polar surface area (TPSA) is 86.5 Å². The predicted molar refractivity (Wildman–Crippen MR) is 93.6 cm³/mol. The van der Waals surface area contributed by atoms with Crippen molar-refractivity contribution in [1.82, 2.24) is 4.98 Å². The number of benzene rings is 1. The Morgan fingerprint density at radius 2 is 2.13 bits per heavy atom. The molecule has 0 atom stereocenters. The van der Waals surface area contributed by atoms with Gasteiger partial charge < -0.3 is 20.5 Å². The second-order valence-corrected chi connectivity index (χ2v) is 5.42. The third-order valence-electron chi connectivity index (χ3n) is 2.84. The molecule has 0 unspecified atom stereocenters. The molecule has 0 fully saturated rings. The molecule has 23 heavy (non-hydrogen) atoms. The van der Waals surface area contributed by atoms with Gasteiger partial charge in [0.15, 0.2) is 0 Å². The zero-order valence-electron chi connectivity index (χ0n) is 12.8. The van der Waals surface area contributed by atoms with Crippen LogP contribution in [0.3, 0.4) is 0 Å². The third kappa shape index (κ3) is 5.80. The predicted octanol–water partition coefficient (Wildman–Crippen LogP) is 2.69. The van der Waals surface area contributed by atoms with Gasteiger partial charge in [-0.15, -0.1) is 23.7 Å². The lowest BCUT2D eigenvalue weighted by molar-refractivity contribution is 0.102. The minimum atomic E-state index is -0.274. The van der Waals surface area contributed by atoms with E-state index in [1.807, 2.05) is 18.2 Å². The lowest BCUT2D eigenvalue weighted by atomic mass is 10.3. The average molecular weight is 358 g/mol. The Hall–Kier alpha value is -1.67. The minimum absolute atomic E-state index is 0. The quantitative estimate of drug-likeness (QED) is 0.709. The number of para-hydroxylation sites is 2. The largest absolute Gasteiger partial charge is 0.491 e. The molecule has 1 heterocycles. The van der Waals surface area contributed by atoms with E-state index in [2.05, 4.69) is 10.3 Å². The highest BCUT2D eigenvalue weighted by Gasteiger charge is 2.12. The molecule has 0 aliphatic rings. The molecule has 0 spiro atoms. The highest BCUT2D eigenvalue weighted by atomic mass is 35.5. The Balaban J connectivity index is 0.00000264. The van der Waals surface area contributed by atoms with Gasteiger partial charge in [-0.2, -0.15) is 0 Å². The summed E-state index contributed by atoms with van der Waals surface area (Å²) in [6.07, 6.45) is 0.782. The Morgan fingerprint density at radius 1 is 1.35 bits per heavy atom. The van der Waals surface area contributed by atoms with E-state index in [1.54, 1.807) is 18.6 Å². The van der Waals surface area contributed by atoms with Gasteiger partial charge >= 0.3 is 0 Å². The molecule has 0 aliphatic carbocycles. The van der Waals surface area contributed by atoms with E-state index < -0.39 is 0 Å². The summed E-state index contributed by atoms with van der Waals surface area (Å²) in [6, 6.07) is 7.30. The first-order chi connectivity index (χ1) is 10.7. The molecule has 0 radical (unpaired) electrons. The molecular weight excluding hydrogens is 338 g/mol. The van der Waals surface area contributed by atoms with Crippen LogP contribution in [0.25, 0.3) is 0 Å². The lowest BCUT2D eigenvalue weighted by Gasteiger charge is -2.11. The van der Waals surface area contributed by atoms with Gasteiger partial charge in [0, 0.05) is 32.1 Å². The van der Waals surface area contributed by atoms with Crippen molar-refractivity contribution in [3.05, 3.63) is 40.3 Å². The van der Waals surface area contributed by atoms with Crippen LogP contribution in [-0.4, -0.2) is 31.2 Å². The molecule has 1 aromatic carbocycles. The number of aromatic nitrogens is 1. The number of methoxy groups -OCH3 is 1. The summed E-state index contributed by atoms with van der Waals surface area (Å²) in [5.41, 5.74) is 6.48. The summed E-state index contributed by atoms with van der Waals surface area (Å²) in [7, 11) is 1.65. The van der Waals surface area contributed by atoms with E-state index in [1.165, 1.54) is 11.3 Å². The molecule has 1 amide bonds. The average Bonchev–Trinajstić information content (AvgIpc) is 3.02. The van der Waals surface area contributed by atoms with E-state index in [-0.39, 0.29) is 18.3 Å². The SMILES string of the molecule is COCCCOc1ccccc1NC(=O)c1csc(CN)n1.Cl. The Labute approximate surface area is 145 Å². The van der Waals surface area contributed by atoms with Crippen LogP contribution < -0.4 is 15.8 Å². The van der Waals surface area contributed by atoms with Gasteiger partial charge in [0.1, 0.15) is 16.5 Å². The first-order valence-corrected chi connectivity index (χ1v) is 7.79. The molecule has 8 heteroatoms. The van der Waals surface area contributed by atoms with E-state index in [4.69, 9.17) is 15.2 Å². The van der Waals surface area contributed by atoms with Crippen molar-refractivity contribution in [2.75, 3.05) is 25.6 Å². The molecule has 3 N–H and O–H groups in total. The number of nitrogens with one attached hydrogen (secondary N) is 1. The van der Waals surface area contributed by atoms with Gasteiger partial charge in [0.25, 0.3) is 5.91 Å². The summed E-state index contributed by atoms with van der Waals surface area (Å²) in [6.45, 7) is 1.49. The second kappa shape index (κ2) is 10.2. The van der Waals surface area contributed by atoms with E-state index in [0.717, 1.165) is 11.4 Å². The summed E-state index contributed by atoms with van der Waals surface area (Å²) < 4.78 is 10.6. The summed E-state index contributed by atoms with van der Waals surface area (Å²) in [5.74, 6) is 0.352. The number of hydrogen-bond donors (Lipinski definition) is 2. The molecule has 0 saturated carbocycles. The summed E-state index contributed by atoms with van der Waals surface area (Å²) >= 11 is 1.37. The van der Waals surface area contributed by atoms with Gasteiger partial charge in [-0.3, -0.25) is 4.79 Å². The van der Waals surface area contributed by atoms with Crippen molar-refractivity contribution in [3.63, 3.8) is 0 Å². The van der Waals surface area contributed by atoms with Crippen LogP contribution in [-0.2, 0) is 11.3 Å². The lowest BCUT2D eigenvalue weighted by Crippen LogP contribution is -2.14. The monoisotopic (exact) mass is 357 g/mol. The van der Waals surface area contributed by atoms with Crippen LogP contribution >= 0.6 is 23.7 Å². The number of nitrogens with two attached hydrogens (primary N) is 1. The summed E-state index contributed by atoms with van der Waals surface area (Å²) in [5, 5.41) is 5.24. The number of amides is 1. The standard InChI is InChI=1S/C15H19N3O3S.ClH/c1-20-7-4-8-21-13-6-3-2-5-11(13)18-15(19)12-10-22-14(9-16)17-12;/h2-3,5-6,10H,4,7-9,16H2,1H3,(H,18,19);1H. The molecule has 0 saturated heterocycles. The van der Waals surface area contributed by atoms with Crippen LogP contribution in [0.15, 0.2) is 29.6 Å². The Bertz CT molecular complexity index is 622. The summed E-state index contributed by atoms with van der Waals surface area (Å²) in [4.78, 5) is 16.4. The maximum absolute atomic E-state index is 12.2. The van der Waals surface area contributed by atoms with Crippen LogP contribution in [0, 0.1) is 0 Å². The van der Waals surface area contributed by atoms with Gasteiger partial charge in [-0.25, -0.2) is 4.98 Å².